The van der Waals surface area contributed by atoms with E-state index in [1.165, 1.54) is 10.6 Å². The van der Waals surface area contributed by atoms with Crippen molar-refractivity contribution in [3.8, 4) is 22.6 Å². The van der Waals surface area contributed by atoms with E-state index in [0.717, 1.165) is 11.1 Å². The summed E-state index contributed by atoms with van der Waals surface area (Å²) in [4.78, 5) is 12.1. The highest BCUT2D eigenvalue weighted by Gasteiger charge is 2.05. The van der Waals surface area contributed by atoms with Crippen molar-refractivity contribution in [2.45, 2.75) is 0 Å². The van der Waals surface area contributed by atoms with Gasteiger partial charge in [-0.2, -0.15) is 0 Å². The van der Waals surface area contributed by atoms with Crippen LogP contribution in [0.2, 0.25) is 5.02 Å². The smallest absolute Gasteiger partial charge is 0.255 e. The number of hydrogen-bond acceptors (Lipinski definition) is 2. The zero-order valence-electron chi connectivity index (χ0n) is 12.1. The van der Waals surface area contributed by atoms with Gasteiger partial charge in [0.2, 0.25) is 6.86 Å². The van der Waals surface area contributed by atoms with Crippen LogP contribution in [0.3, 0.4) is 0 Å². The number of ether oxygens (including phenoxy) is 1. The largest absolute Gasteiger partial charge is 0.463 e. The molecule has 0 bridgehead atoms. The monoisotopic (exact) mass is 329 g/mol. The summed E-state index contributed by atoms with van der Waals surface area (Å²) in [5.41, 5.74) is 2.31. The van der Waals surface area contributed by atoms with E-state index in [0.29, 0.717) is 16.5 Å². The number of rotatable bonds is 4. The van der Waals surface area contributed by atoms with Gasteiger partial charge in [-0.3, -0.25) is 9.36 Å². The van der Waals surface area contributed by atoms with Crippen LogP contribution in [0.5, 0.6) is 5.75 Å². The molecule has 0 N–H and O–H groups in total. The topological polar surface area (TPSA) is 31.2 Å². The third-order valence-corrected chi connectivity index (χ3v) is 3.64. The maximum Gasteiger partial charge on any atom is 0.255 e. The molecule has 0 aliphatic heterocycles. The minimum Gasteiger partial charge on any atom is -0.463 e. The van der Waals surface area contributed by atoms with Crippen molar-refractivity contribution in [1.82, 2.24) is 4.57 Å². The highest BCUT2D eigenvalue weighted by Crippen LogP contribution is 2.23. The van der Waals surface area contributed by atoms with Crippen molar-refractivity contribution in [3.63, 3.8) is 0 Å². The molecule has 2 aromatic carbocycles. The zero-order chi connectivity index (χ0) is 16.2. The number of nitrogens with zero attached hydrogens (tertiary/aromatic N) is 1. The molecule has 0 aliphatic carbocycles. The lowest BCUT2D eigenvalue weighted by molar-refractivity contribution is 0.192. The summed E-state index contributed by atoms with van der Waals surface area (Å²) in [6.07, 6.45) is 1.75. The molecule has 3 aromatic rings. The molecule has 3 nitrogen and oxygen atoms in total. The van der Waals surface area contributed by atoms with Gasteiger partial charge in [0.25, 0.3) is 5.56 Å². The van der Waals surface area contributed by atoms with Crippen molar-refractivity contribution in [3.05, 3.63) is 82.2 Å². The zero-order valence-corrected chi connectivity index (χ0v) is 12.8. The molecule has 0 amide bonds. The molecule has 5 heteroatoms. The first kappa shape index (κ1) is 15.3. The fourth-order valence-corrected chi connectivity index (χ4v) is 2.48. The van der Waals surface area contributed by atoms with E-state index in [9.17, 15) is 9.18 Å². The Bertz CT molecular complexity index is 875. The van der Waals surface area contributed by atoms with Gasteiger partial charge in [-0.05, 0) is 53.6 Å². The van der Waals surface area contributed by atoms with E-state index in [2.05, 4.69) is 0 Å². The lowest BCUT2D eigenvalue weighted by atomic mass is 10.1. The SMILES string of the molecule is O=c1ccc(-c2cccc(Cl)c2)cn1-c1ccc(OCF)cc1. The Morgan fingerprint density at radius 1 is 1.00 bits per heavy atom. The van der Waals surface area contributed by atoms with Gasteiger partial charge in [-0.1, -0.05) is 23.7 Å². The van der Waals surface area contributed by atoms with Crippen molar-refractivity contribution in [2.75, 3.05) is 6.86 Å². The summed E-state index contributed by atoms with van der Waals surface area (Å²) in [5.74, 6) is 0.412. The second-order valence-corrected chi connectivity index (χ2v) is 5.32. The van der Waals surface area contributed by atoms with Crippen molar-refractivity contribution in [2.24, 2.45) is 0 Å². The van der Waals surface area contributed by atoms with Crippen LogP contribution in [0.1, 0.15) is 0 Å². The first-order valence-corrected chi connectivity index (χ1v) is 7.33. The van der Waals surface area contributed by atoms with E-state index < -0.39 is 6.86 Å². The van der Waals surface area contributed by atoms with Crippen LogP contribution < -0.4 is 10.3 Å². The van der Waals surface area contributed by atoms with E-state index in [1.807, 2.05) is 18.2 Å². The van der Waals surface area contributed by atoms with Crippen LogP contribution in [-0.4, -0.2) is 11.4 Å². The first-order chi connectivity index (χ1) is 11.2. The summed E-state index contributed by atoms with van der Waals surface area (Å²) >= 11 is 6.02. The van der Waals surface area contributed by atoms with Gasteiger partial charge < -0.3 is 4.74 Å². The minimum absolute atomic E-state index is 0.157. The molecular formula is C18H13ClFNO2. The predicted molar refractivity (Wildman–Crippen MR) is 89.1 cm³/mol. The Balaban J connectivity index is 2.02. The average Bonchev–Trinajstić information content (AvgIpc) is 2.56. The molecule has 116 valence electrons. The summed E-state index contributed by atoms with van der Waals surface area (Å²) < 4.78 is 18.4. The normalized spacial score (nSPS) is 10.5. The third-order valence-electron chi connectivity index (χ3n) is 3.41. The number of benzene rings is 2. The lowest BCUT2D eigenvalue weighted by Crippen LogP contribution is -2.16. The van der Waals surface area contributed by atoms with Crippen LogP contribution >= 0.6 is 11.6 Å². The quantitative estimate of drug-likeness (QED) is 0.707. The van der Waals surface area contributed by atoms with Crippen molar-refractivity contribution in [1.29, 1.82) is 0 Å². The van der Waals surface area contributed by atoms with Crippen LogP contribution in [0.4, 0.5) is 4.39 Å². The van der Waals surface area contributed by atoms with Gasteiger partial charge in [-0.15, -0.1) is 0 Å². The molecule has 0 fully saturated rings. The third kappa shape index (κ3) is 3.43. The Morgan fingerprint density at radius 3 is 2.48 bits per heavy atom. The Hall–Kier alpha value is -2.59. The number of pyridine rings is 1. The number of alkyl halides is 1. The van der Waals surface area contributed by atoms with Gasteiger partial charge in [0.1, 0.15) is 5.75 Å². The molecule has 3 rings (SSSR count). The maximum absolute atomic E-state index is 12.2. The number of hydrogen-bond donors (Lipinski definition) is 0. The molecule has 0 unspecified atom stereocenters. The highest BCUT2D eigenvalue weighted by atomic mass is 35.5. The van der Waals surface area contributed by atoms with Gasteiger partial charge in [0.15, 0.2) is 0 Å². The van der Waals surface area contributed by atoms with E-state index >= 15 is 0 Å². The van der Waals surface area contributed by atoms with E-state index in [1.54, 1.807) is 42.6 Å². The first-order valence-electron chi connectivity index (χ1n) is 6.95. The minimum atomic E-state index is -0.885. The molecule has 0 saturated carbocycles. The predicted octanol–water partition coefficient (Wildman–Crippen LogP) is 4.46. The Labute approximate surface area is 137 Å². The molecule has 0 spiro atoms. The molecule has 0 aliphatic rings. The van der Waals surface area contributed by atoms with Crippen LogP contribution in [-0.2, 0) is 0 Å². The highest BCUT2D eigenvalue weighted by molar-refractivity contribution is 6.30. The van der Waals surface area contributed by atoms with Crippen molar-refractivity contribution >= 4 is 11.6 Å². The summed E-state index contributed by atoms with van der Waals surface area (Å²) in [6.45, 7) is -0.885. The van der Waals surface area contributed by atoms with Crippen molar-refractivity contribution < 1.29 is 9.13 Å². The number of halogens is 2. The summed E-state index contributed by atoms with van der Waals surface area (Å²) in [6, 6.07) is 17.3. The maximum atomic E-state index is 12.2. The summed E-state index contributed by atoms with van der Waals surface area (Å²) in [7, 11) is 0. The van der Waals surface area contributed by atoms with Gasteiger partial charge in [0.05, 0.1) is 0 Å². The van der Waals surface area contributed by atoms with Gasteiger partial charge in [0, 0.05) is 23.0 Å². The standard InChI is InChI=1S/C18H13ClFNO2/c19-15-3-1-2-13(10-15)14-4-9-18(22)21(11-14)16-5-7-17(8-6-16)23-12-20/h1-11H,12H2. The summed E-state index contributed by atoms with van der Waals surface area (Å²) in [5, 5.41) is 0.632. The van der Waals surface area contributed by atoms with E-state index in [4.69, 9.17) is 16.3 Å². The molecule has 0 atom stereocenters. The second kappa shape index (κ2) is 6.67. The molecule has 0 radical (unpaired) electrons. The van der Waals surface area contributed by atoms with Crippen LogP contribution in [0, 0.1) is 0 Å². The Kier molecular flexibility index (Phi) is 4.44. The van der Waals surface area contributed by atoms with Crippen LogP contribution in [0.15, 0.2) is 71.7 Å². The molecular weight excluding hydrogens is 317 g/mol. The van der Waals surface area contributed by atoms with E-state index in [-0.39, 0.29) is 5.56 Å². The molecule has 23 heavy (non-hydrogen) atoms. The lowest BCUT2D eigenvalue weighted by Gasteiger charge is -2.10. The molecule has 0 saturated heterocycles. The van der Waals surface area contributed by atoms with Gasteiger partial charge >= 0.3 is 0 Å². The molecule has 1 aromatic heterocycles. The molecule has 1 heterocycles. The van der Waals surface area contributed by atoms with Gasteiger partial charge in [-0.25, -0.2) is 4.39 Å². The second-order valence-electron chi connectivity index (χ2n) is 4.88. The fourth-order valence-electron chi connectivity index (χ4n) is 2.29. The Morgan fingerprint density at radius 2 is 1.78 bits per heavy atom. The number of aromatic nitrogens is 1. The van der Waals surface area contributed by atoms with Crippen LogP contribution in [0.25, 0.3) is 16.8 Å². The fraction of sp³-hybridized carbons (Fsp3) is 0.0556. The average molecular weight is 330 g/mol.